The van der Waals surface area contributed by atoms with Gasteiger partial charge >= 0.3 is 0 Å². The molecule has 11 heteroatoms. The summed E-state index contributed by atoms with van der Waals surface area (Å²) in [6.45, 7) is 0. The minimum atomic E-state index is -4.11. The van der Waals surface area contributed by atoms with Gasteiger partial charge in [0.15, 0.2) is 5.69 Å². The Morgan fingerprint density at radius 2 is 2.21 bits per heavy atom. The summed E-state index contributed by atoms with van der Waals surface area (Å²) >= 11 is 5.59. The lowest BCUT2D eigenvalue weighted by Gasteiger charge is -2.05. The van der Waals surface area contributed by atoms with E-state index in [0.717, 1.165) is 17.1 Å². The van der Waals surface area contributed by atoms with Crippen LogP contribution in [0.25, 0.3) is 0 Å². The lowest BCUT2D eigenvalue weighted by molar-refractivity contribution is 0.146. The maximum atomic E-state index is 12.7. The number of nitrogens with one attached hydrogen (secondary N) is 2. The molecule has 2 heterocycles. The molecule has 0 spiro atoms. The van der Waals surface area contributed by atoms with Crippen LogP contribution in [0.4, 0.5) is 14.5 Å². The SMILES string of the molecule is Cn1cc(NS(=O)(=O)c2cn[nH]c2Cl)c(C(F)F)n1. The molecular formula is C8H8ClF2N5O2S. The van der Waals surface area contributed by atoms with E-state index in [-0.39, 0.29) is 15.7 Å². The molecular weight excluding hydrogens is 304 g/mol. The number of aromatic amines is 1. The molecule has 0 aliphatic rings. The first-order chi connectivity index (χ1) is 8.81. The lowest BCUT2D eigenvalue weighted by atomic mass is 10.4. The number of sulfonamides is 1. The molecule has 0 atom stereocenters. The average Bonchev–Trinajstić information content (AvgIpc) is 2.84. The first kappa shape index (κ1) is 13.7. The van der Waals surface area contributed by atoms with E-state index in [1.165, 1.54) is 7.05 Å². The molecule has 0 amide bonds. The molecule has 0 aliphatic carbocycles. The predicted molar refractivity (Wildman–Crippen MR) is 62.6 cm³/mol. The van der Waals surface area contributed by atoms with Crippen molar-refractivity contribution < 1.29 is 17.2 Å². The summed E-state index contributed by atoms with van der Waals surface area (Å²) in [5.41, 5.74) is -0.972. The minimum Gasteiger partial charge on any atom is -0.276 e. The van der Waals surface area contributed by atoms with E-state index in [0.29, 0.717) is 0 Å². The molecule has 0 saturated carbocycles. The van der Waals surface area contributed by atoms with Crippen LogP contribution in [0.1, 0.15) is 12.1 Å². The van der Waals surface area contributed by atoms with Crippen LogP contribution in [0.2, 0.25) is 5.15 Å². The van der Waals surface area contributed by atoms with Crippen molar-refractivity contribution in [1.82, 2.24) is 20.0 Å². The van der Waals surface area contributed by atoms with Crippen molar-refractivity contribution in [2.45, 2.75) is 11.3 Å². The molecule has 2 aromatic rings. The Hall–Kier alpha value is -1.68. The summed E-state index contributed by atoms with van der Waals surface area (Å²) in [5, 5.41) is 8.95. The monoisotopic (exact) mass is 311 g/mol. The van der Waals surface area contributed by atoms with Gasteiger partial charge in [0.05, 0.1) is 11.9 Å². The van der Waals surface area contributed by atoms with Gasteiger partial charge in [-0.05, 0) is 0 Å². The summed E-state index contributed by atoms with van der Waals surface area (Å²) in [4.78, 5) is -0.335. The number of alkyl halides is 2. The van der Waals surface area contributed by atoms with Gasteiger partial charge in [-0.15, -0.1) is 0 Å². The van der Waals surface area contributed by atoms with Gasteiger partial charge in [-0.2, -0.15) is 10.2 Å². The molecule has 0 unspecified atom stereocenters. The standard InChI is InChI=1S/C8H8ClF2N5O2S/c1-16-3-4(6(14-16)8(10)11)15-19(17,18)5-2-12-13-7(5)9/h2-3,8,15H,1H3,(H,12,13). The van der Waals surface area contributed by atoms with E-state index in [1.807, 2.05) is 4.72 Å². The molecule has 0 radical (unpaired) electrons. The Morgan fingerprint density at radius 3 is 2.74 bits per heavy atom. The topological polar surface area (TPSA) is 92.7 Å². The minimum absolute atomic E-state index is 0.213. The molecule has 0 saturated heterocycles. The average molecular weight is 312 g/mol. The zero-order chi connectivity index (χ0) is 14.2. The number of aryl methyl sites for hydroxylation is 1. The van der Waals surface area contributed by atoms with Crippen LogP contribution >= 0.6 is 11.6 Å². The van der Waals surface area contributed by atoms with Gasteiger partial charge in [-0.3, -0.25) is 14.5 Å². The van der Waals surface area contributed by atoms with Crippen molar-refractivity contribution in [2.24, 2.45) is 7.05 Å². The number of hydrogen-bond acceptors (Lipinski definition) is 4. The van der Waals surface area contributed by atoms with Crippen LogP contribution < -0.4 is 4.72 Å². The van der Waals surface area contributed by atoms with Gasteiger partial charge < -0.3 is 0 Å². The molecule has 0 bridgehead atoms. The van der Waals surface area contributed by atoms with Gasteiger partial charge in [0.25, 0.3) is 16.4 Å². The van der Waals surface area contributed by atoms with Crippen LogP contribution in [0.5, 0.6) is 0 Å². The number of hydrogen-bond donors (Lipinski definition) is 2. The van der Waals surface area contributed by atoms with Crippen molar-refractivity contribution in [2.75, 3.05) is 4.72 Å². The molecule has 19 heavy (non-hydrogen) atoms. The fraction of sp³-hybridized carbons (Fsp3) is 0.250. The van der Waals surface area contributed by atoms with Crippen molar-refractivity contribution in [3.8, 4) is 0 Å². The highest BCUT2D eigenvalue weighted by molar-refractivity contribution is 7.92. The van der Waals surface area contributed by atoms with Gasteiger partial charge in [0, 0.05) is 13.2 Å². The maximum absolute atomic E-state index is 12.7. The number of anilines is 1. The number of aromatic nitrogens is 4. The summed E-state index contributed by atoms with van der Waals surface area (Å²) in [6, 6.07) is 0. The van der Waals surface area contributed by atoms with Gasteiger partial charge in [-0.25, -0.2) is 17.2 Å². The van der Waals surface area contributed by atoms with E-state index in [2.05, 4.69) is 15.3 Å². The molecule has 2 N–H and O–H groups in total. The van der Waals surface area contributed by atoms with E-state index < -0.39 is 22.1 Å². The van der Waals surface area contributed by atoms with Gasteiger partial charge in [0.2, 0.25) is 0 Å². The van der Waals surface area contributed by atoms with Crippen LogP contribution in [-0.2, 0) is 17.1 Å². The van der Waals surface area contributed by atoms with Crippen LogP contribution in [0, 0.1) is 0 Å². The quantitative estimate of drug-likeness (QED) is 0.895. The summed E-state index contributed by atoms with van der Waals surface area (Å²) in [5.74, 6) is 0. The van der Waals surface area contributed by atoms with Crippen molar-refractivity contribution in [3.63, 3.8) is 0 Å². The van der Waals surface area contributed by atoms with E-state index in [4.69, 9.17) is 11.6 Å². The number of halogens is 3. The second-order valence-electron chi connectivity index (χ2n) is 3.56. The molecule has 2 aromatic heterocycles. The van der Waals surface area contributed by atoms with Gasteiger partial charge in [0.1, 0.15) is 10.0 Å². The molecule has 7 nitrogen and oxygen atoms in total. The predicted octanol–water partition coefficient (Wildman–Crippen LogP) is 1.53. The Balaban J connectivity index is 2.39. The third-order valence-electron chi connectivity index (χ3n) is 2.16. The first-order valence-electron chi connectivity index (χ1n) is 4.84. The normalized spacial score (nSPS) is 12.1. The molecule has 0 aliphatic heterocycles. The van der Waals surface area contributed by atoms with E-state index in [9.17, 15) is 17.2 Å². The number of rotatable bonds is 4. The van der Waals surface area contributed by atoms with Crippen LogP contribution in [0.15, 0.2) is 17.3 Å². The largest absolute Gasteiger partial charge is 0.284 e. The summed E-state index contributed by atoms with van der Waals surface area (Å²) in [7, 11) is -2.71. The van der Waals surface area contributed by atoms with E-state index >= 15 is 0 Å². The lowest BCUT2D eigenvalue weighted by Crippen LogP contribution is -2.13. The summed E-state index contributed by atoms with van der Waals surface area (Å²) in [6.07, 6.45) is -0.797. The third kappa shape index (κ3) is 2.68. The Kier molecular flexibility index (Phi) is 3.45. The Labute approximate surface area is 111 Å². The van der Waals surface area contributed by atoms with Crippen molar-refractivity contribution in [3.05, 3.63) is 23.2 Å². The Morgan fingerprint density at radius 1 is 1.53 bits per heavy atom. The van der Waals surface area contributed by atoms with Crippen molar-refractivity contribution in [1.29, 1.82) is 0 Å². The summed E-state index contributed by atoms with van der Waals surface area (Å²) < 4.78 is 52.3. The number of nitrogens with zero attached hydrogens (tertiary/aromatic N) is 3. The molecule has 2 rings (SSSR count). The molecule has 0 fully saturated rings. The Bertz CT molecular complexity index is 696. The fourth-order valence-corrected chi connectivity index (χ4v) is 2.82. The number of H-pyrrole nitrogens is 1. The molecule has 104 valence electrons. The zero-order valence-corrected chi connectivity index (χ0v) is 11.0. The smallest absolute Gasteiger partial charge is 0.276 e. The highest BCUT2D eigenvalue weighted by Gasteiger charge is 2.25. The second kappa shape index (κ2) is 4.78. The van der Waals surface area contributed by atoms with Crippen molar-refractivity contribution >= 4 is 27.3 Å². The highest BCUT2D eigenvalue weighted by Crippen LogP contribution is 2.28. The molecule has 0 aromatic carbocycles. The highest BCUT2D eigenvalue weighted by atomic mass is 35.5. The second-order valence-corrected chi connectivity index (χ2v) is 5.58. The first-order valence-corrected chi connectivity index (χ1v) is 6.70. The third-order valence-corrected chi connectivity index (χ3v) is 3.94. The van der Waals surface area contributed by atoms with Crippen LogP contribution in [-0.4, -0.2) is 28.4 Å². The maximum Gasteiger partial charge on any atom is 0.284 e. The van der Waals surface area contributed by atoms with Gasteiger partial charge in [-0.1, -0.05) is 11.6 Å². The van der Waals surface area contributed by atoms with Crippen LogP contribution in [0.3, 0.4) is 0 Å². The van der Waals surface area contributed by atoms with E-state index in [1.54, 1.807) is 0 Å². The fourth-order valence-electron chi connectivity index (χ4n) is 1.39. The zero-order valence-electron chi connectivity index (χ0n) is 9.43.